The van der Waals surface area contributed by atoms with Crippen molar-refractivity contribution in [3.8, 4) is 5.75 Å². The molecule has 154 valence electrons. The summed E-state index contributed by atoms with van der Waals surface area (Å²) in [5.41, 5.74) is 1.64. The highest BCUT2D eigenvalue weighted by Gasteiger charge is 2.26. The molecule has 0 unspecified atom stereocenters. The summed E-state index contributed by atoms with van der Waals surface area (Å²) in [6, 6.07) is 16.5. The number of hydrogen-bond donors (Lipinski definition) is 2. The van der Waals surface area contributed by atoms with Gasteiger partial charge in [-0.1, -0.05) is 30.3 Å². The van der Waals surface area contributed by atoms with Crippen molar-refractivity contribution >= 4 is 31.5 Å². The van der Waals surface area contributed by atoms with Crippen LogP contribution in [0.5, 0.6) is 5.75 Å². The summed E-state index contributed by atoms with van der Waals surface area (Å²) in [7, 11) is -3.80. The Morgan fingerprint density at radius 1 is 0.967 bits per heavy atom. The summed E-state index contributed by atoms with van der Waals surface area (Å²) in [5.74, 6) is 0.668. The molecule has 2 N–H and O–H groups in total. The number of fused-ring (bicyclic) bond motifs is 2. The number of aromatic amines is 1. The van der Waals surface area contributed by atoms with Crippen LogP contribution in [0.25, 0.3) is 21.7 Å². The van der Waals surface area contributed by atoms with Crippen molar-refractivity contribution in [2.45, 2.75) is 35.8 Å². The van der Waals surface area contributed by atoms with Gasteiger partial charge in [0.25, 0.3) is 0 Å². The maximum Gasteiger partial charge on any atom is 0.224 e. The molecule has 30 heavy (non-hydrogen) atoms. The van der Waals surface area contributed by atoms with Crippen LogP contribution in [0.1, 0.15) is 18.4 Å². The minimum absolute atomic E-state index is 0.0993. The minimum Gasteiger partial charge on any atom is -0.490 e. The molecule has 0 aliphatic carbocycles. The molecule has 6 nitrogen and oxygen atoms in total. The maximum atomic E-state index is 13.6. The third kappa shape index (κ3) is 3.24. The monoisotopic (exact) mass is 421 g/mol. The van der Waals surface area contributed by atoms with Crippen molar-refractivity contribution in [1.82, 2.24) is 15.5 Å². The summed E-state index contributed by atoms with van der Waals surface area (Å²) in [6.45, 7) is 3.84. The van der Waals surface area contributed by atoms with E-state index < -0.39 is 9.84 Å². The van der Waals surface area contributed by atoms with Gasteiger partial charge < -0.3 is 10.1 Å². The number of ether oxygens (including phenoxy) is 1. The number of sulfone groups is 1. The van der Waals surface area contributed by atoms with E-state index in [-0.39, 0.29) is 16.0 Å². The van der Waals surface area contributed by atoms with Gasteiger partial charge in [0.1, 0.15) is 11.9 Å². The highest BCUT2D eigenvalue weighted by Crippen LogP contribution is 2.33. The number of hydrogen-bond acceptors (Lipinski definition) is 5. The summed E-state index contributed by atoms with van der Waals surface area (Å²) in [5, 5.41) is 12.6. The minimum atomic E-state index is -3.80. The number of aryl methyl sites for hydroxylation is 1. The maximum absolute atomic E-state index is 13.6. The highest BCUT2D eigenvalue weighted by atomic mass is 32.2. The van der Waals surface area contributed by atoms with Gasteiger partial charge in [-0.25, -0.2) is 8.42 Å². The number of nitrogens with one attached hydrogen (secondary N) is 2. The molecule has 1 saturated heterocycles. The molecular weight excluding hydrogens is 398 g/mol. The van der Waals surface area contributed by atoms with Gasteiger partial charge in [-0.05, 0) is 68.1 Å². The van der Waals surface area contributed by atoms with Crippen LogP contribution in [-0.2, 0) is 9.84 Å². The lowest BCUT2D eigenvalue weighted by Crippen LogP contribution is -2.34. The zero-order valence-corrected chi connectivity index (χ0v) is 17.5. The Labute approximate surface area is 175 Å². The van der Waals surface area contributed by atoms with Gasteiger partial charge in [-0.3, -0.25) is 5.10 Å². The molecule has 4 aromatic rings. The molecule has 7 heteroatoms. The second kappa shape index (κ2) is 7.41. The van der Waals surface area contributed by atoms with Gasteiger partial charge in [0.05, 0.1) is 10.4 Å². The topological polar surface area (TPSA) is 84.1 Å². The second-order valence-electron chi connectivity index (χ2n) is 7.73. The van der Waals surface area contributed by atoms with Gasteiger partial charge in [-0.2, -0.15) is 5.10 Å². The van der Waals surface area contributed by atoms with Crippen LogP contribution >= 0.6 is 0 Å². The third-order valence-corrected chi connectivity index (χ3v) is 7.52. The van der Waals surface area contributed by atoms with Crippen molar-refractivity contribution in [2.75, 3.05) is 13.1 Å². The van der Waals surface area contributed by atoms with E-state index in [1.165, 1.54) is 0 Å². The Bertz CT molecular complexity index is 1340. The number of H-pyrrole nitrogens is 1. The first kappa shape index (κ1) is 19.1. The van der Waals surface area contributed by atoms with E-state index >= 15 is 0 Å². The molecule has 0 spiro atoms. The smallest absolute Gasteiger partial charge is 0.224 e. The lowest BCUT2D eigenvalue weighted by Gasteiger charge is -2.23. The SMILES string of the molecule is Cc1ccc(S(=O)(=O)c2[nH]nc3ccc(OC4CCNCC4)cc23)c2ccccc12. The molecule has 0 saturated carbocycles. The standard InChI is InChI=1S/C23H23N3O3S/c1-15-6-9-22(19-5-3-2-4-18(15)19)30(27,28)23-20-14-17(7-8-21(20)25-26-23)29-16-10-12-24-13-11-16/h2-9,14,16,24H,10-13H2,1H3,(H,25,26). The molecule has 0 bridgehead atoms. The molecule has 0 atom stereocenters. The van der Waals surface area contributed by atoms with Gasteiger partial charge in [0.15, 0.2) is 5.03 Å². The van der Waals surface area contributed by atoms with Crippen LogP contribution in [0.2, 0.25) is 0 Å². The number of piperidine rings is 1. The fraction of sp³-hybridized carbons (Fsp3) is 0.261. The zero-order chi connectivity index (χ0) is 20.7. The molecule has 1 aromatic heterocycles. The summed E-state index contributed by atoms with van der Waals surface area (Å²) in [4.78, 5) is 0.277. The Morgan fingerprint density at radius 3 is 2.53 bits per heavy atom. The van der Waals surface area contributed by atoms with E-state index in [1.807, 2.05) is 43.3 Å². The summed E-state index contributed by atoms with van der Waals surface area (Å²) >= 11 is 0. The van der Waals surface area contributed by atoms with Crippen molar-refractivity contribution in [3.05, 3.63) is 60.2 Å². The quantitative estimate of drug-likeness (QED) is 0.521. The van der Waals surface area contributed by atoms with Crippen LogP contribution < -0.4 is 10.1 Å². The first-order valence-corrected chi connectivity index (χ1v) is 11.6. The first-order chi connectivity index (χ1) is 14.5. The Hall–Kier alpha value is -2.90. The molecular formula is C23H23N3O3S. The van der Waals surface area contributed by atoms with Crippen LogP contribution in [0, 0.1) is 6.92 Å². The number of aromatic nitrogens is 2. The number of rotatable bonds is 4. The van der Waals surface area contributed by atoms with Crippen LogP contribution in [0.4, 0.5) is 0 Å². The second-order valence-corrected chi connectivity index (χ2v) is 9.58. The third-order valence-electron chi connectivity index (χ3n) is 5.74. The van der Waals surface area contributed by atoms with Crippen molar-refractivity contribution in [2.24, 2.45) is 0 Å². The predicted molar refractivity (Wildman–Crippen MR) is 117 cm³/mol. The predicted octanol–water partition coefficient (Wildman–Crippen LogP) is 3.99. The lowest BCUT2D eigenvalue weighted by atomic mass is 10.1. The van der Waals surface area contributed by atoms with Crippen molar-refractivity contribution < 1.29 is 13.2 Å². The normalized spacial score (nSPS) is 15.6. The molecule has 0 radical (unpaired) electrons. The average molecular weight is 422 g/mol. The zero-order valence-electron chi connectivity index (χ0n) is 16.7. The molecule has 2 heterocycles. The molecule has 0 amide bonds. The van der Waals surface area contributed by atoms with Crippen LogP contribution in [0.3, 0.4) is 0 Å². The van der Waals surface area contributed by atoms with Crippen molar-refractivity contribution in [1.29, 1.82) is 0 Å². The van der Waals surface area contributed by atoms with E-state index in [0.717, 1.165) is 36.9 Å². The fourth-order valence-electron chi connectivity index (χ4n) is 4.12. The Balaban J connectivity index is 1.60. The average Bonchev–Trinajstić information content (AvgIpc) is 3.19. The van der Waals surface area contributed by atoms with Crippen molar-refractivity contribution in [3.63, 3.8) is 0 Å². The molecule has 1 aliphatic heterocycles. The molecule has 5 rings (SSSR count). The van der Waals surface area contributed by atoms with Gasteiger partial charge in [-0.15, -0.1) is 0 Å². The number of nitrogens with zero attached hydrogens (tertiary/aromatic N) is 1. The molecule has 3 aromatic carbocycles. The lowest BCUT2D eigenvalue weighted by molar-refractivity contribution is 0.162. The Kier molecular flexibility index (Phi) is 4.72. The van der Waals surface area contributed by atoms with E-state index in [4.69, 9.17) is 4.74 Å². The van der Waals surface area contributed by atoms with Crippen LogP contribution in [0.15, 0.2) is 64.5 Å². The van der Waals surface area contributed by atoms with Gasteiger partial charge >= 0.3 is 0 Å². The van der Waals surface area contributed by atoms with Gasteiger partial charge in [0, 0.05) is 10.8 Å². The number of benzene rings is 3. The van der Waals surface area contributed by atoms with Crippen LogP contribution in [-0.4, -0.2) is 37.8 Å². The van der Waals surface area contributed by atoms with E-state index in [2.05, 4.69) is 15.5 Å². The fourth-order valence-corrected chi connectivity index (χ4v) is 5.67. The Morgan fingerprint density at radius 2 is 1.73 bits per heavy atom. The molecule has 1 aliphatic rings. The first-order valence-electron chi connectivity index (χ1n) is 10.1. The van der Waals surface area contributed by atoms with Gasteiger partial charge in [0.2, 0.25) is 9.84 Å². The van der Waals surface area contributed by atoms with E-state index in [1.54, 1.807) is 18.2 Å². The van der Waals surface area contributed by atoms with E-state index in [9.17, 15) is 8.42 Å². The molecule has 1 fully saturated rings. The van der Waals surface area contributed by atoms with E-state index in [0.29, 0.717) is 22.0 Å². The summed E-state index contributed by atoms with van der Waals surface area (Å²) in [6.07, 6.45) is 2.00. The largest absolute Gasteiger partial charge is 0.490 e. The summed E-state index contributed by atoms with van der Waals surface area (Å²) < 4.78 is 33.3. The highest BCUT2D eigenvalue weighted by molar-refractivity contribution is 7.91.